The summed E-state index contributed by atoms with van der Waals surface area (Å²) in [7, 11) is -2.55. The van der Waals surface area contributed by atoms with E-state index in [-0.39, 0.29) is 5.41 Å². The average molecular weight is 261 g/mol. The van der Waals surface area contributed by atoms with Crippen LogP contribution < -0.4 is 0 Å². The molecule has 1 atom stereocenters. The minimum absolute atomic E-state index is 0.342. The standard InChI is InChI=1S/C13H28NO2P/c1-7-10-11-13(14-15,12(4,5)6)17(16,8-2)9-3/h7-11H2,1-6H3. The van der Waals surface area contributed by atoms with E-state index in [0.717, 1.165) is 12.8 Å². The monoisotopic (exact) mass is 261 g/mol. The van der Waals surface area contributed by atoms with Gasteiger partial charge < -0.3 is 4.57 Å². The van der Waals surface area contributed by atoms with E-state index in [1.165, 1.54) is 0 Å². The molecule has 0 aliphatic carbocycles. The van der Waals surface area contributed by atoms with Crippen molar-refractivity contribution in [3.8, 4) is 0 Å². The van der Waals surface area contributed by atoms with Gasteiger partial charge in [-0.3, -0.25) is 0 Å². The zero-order valence-electron chi connectivity index (χ0n) is 12.2. The number of unbranched alkanes of at least 4 members (excludes halogenated alkanes) is 1. The first-order chi connectivity index (χ1) is 7.74. The fraction of sp³-hybridized carbons (Fsp3) is 1.00. The zero-order chi connectivity index (χ0) is 13.7. The molecule has 0 amide bonds. The molecule has 1 unspecified atom stereocenters. The van der Waals surface area contributed by atoms with E-state index in [9.17, 15) is 9.47 Å². The third-order valence-corrected chi connectivity index (χ3v) is 8.29. The van der Waals surface area contributed by atoms with Crippen molar-refractivity contribution in [1.29, 1.82) is 0 Å². The van der Waals surface area contributed by atoms with Crippen LogP contribution in [0.2, 0.25) is 0 Å². The van der Waals surface area contributed by atoms with Crippen molar-refractivity contribution in [2.75, 3.05) is 12.3 Å². The smallest absolute Gasteiger partial charge is 0.160 e. The van der Waals surface area contributed by atoms with Gasteiger partial charge in [-0.2, -0.15) is 0 Å². The summed E-state index contributed by atoms with van der Waals surface area (Å²) >= 11 is 0. The van der Waals surface area contributed by atoms with Gasteiger partial charge in [0.1, 0.15) is 7.14 Å². The van der Waals surface area contributed by atoms with Crippen molar-refractivity contribution >= 4 is 7.14 Å². The summed E-state index contributed by atoms with van der Waals surface area (Å²) in [5.74, 6) is 0. The Morgan fingerprint density at radius 3 is 1.76 bits per heavy atom. The largest absolute Gasteiger partial charge is 0.321 e. The van der Waals surface area contributed by atoms with E-state index in [2.05, 4.69) is 12.1 Å². The van der Waals surface area contributed by atoms with Crippen LogP contribution in [0, 0.1) is 10.3 Å². The fourth-order valence-corrected chi connectivity index (χ4v) is 6.05. The molecule has 0 spiro atoms. The quantitative estimate of drug-likeness (QED) is 0.473. The first-order valence-electron chi connectivity index (χ1n) is 6.67. The molecule has 0 fully saturated rings. The van der Waals surface area contributed by atoms with E-state index in [0.29, 0.717) is 18.7 Å². The van der Waals surface area contributed by atoms with Crippen molar-refractivity contribution in [3.05, 3.63) is 4.91 Å². The maximum Gasteiger partial charge on any atom is 0.160 e. The van der Waals surface area contributed by atoms with Crippen molar-refractivity contribution < 1.29 is 4.57 Å². The van der Waals surface area contributed by atoms with E-state index in [1.807, 2.05) is 34.6 Å². The summed E-state index contributed by atoms with van der Waals surface area (Å²) in [6.45, 7) is 11.9. The molecule has 0 rings (SSSR count). The molecule has 0 N–H and O–H groups in total. The minimum Gasteiger partial charge on any atom is -0.321 e. The summed E-state index contributed by atoms with van der Waals surface area (Å²) in [5, 5.41) is 2.54. The van der Waals surface area contributed by atoms with Gasteiger partial charge in [-0.1, -0.05) is 59.6 Å². The minimum atomic E-state index is -2.55. The Bertz CT molecular complexity index is 288. The fourth-order valence-electron chi connectivity index (χ4n) is 2.62. The van der Waals surface area contributed by atoms with Crippen LogP contribution in [0.25, 0.3) is 0 Å². The molecule has 3 nitrogen and oxygen atoms in total. The van der Waals surface area contributed by atoms with Crippen LogP contribution in [0.1, 0.15) is 60.8 Å². The Hall–Kier alpha value is -0.170. The maximum absolute atomic E-state index is 13.1. The SMILES string of the molecule is CCCCC(N=O)(C(C)(C)C)P(=O)(CC)CC. The molecule has 0 heterocycles. The van der Waals surface area contributed by atoms with E-state index < -0.39 is 12.4 Å². The number of nitrogens with zero attached hydrogens (tertiary/aromatic N) is 1. The van der Waals surface area contributed by atoms with Crippen LogP contribution >= 0.6 is 7.14 Å². The number of hydrogen-bond acceptors (Lipinski definition) is 3. The van der Waals surface area contributed by atoms with E-state index >= 15 is 0 Å². The van der Waals surface area contributed by atoms with Gasteiger partial charge in [0.05, 0.1) is 0 Å². The number of nitroso groups, excluding NO2 is 1. The highest BCUT2D eigenvalue weighted by molar-refractivity contribution is 7.65. The Morgan fingerprint density at radius 1 is 1.06 bits per heavy atom. The van der Waals surface area contributed by atoms with Crippen molar-refractivity contribution in [2.45, 2.75) is 66.1 Å². The first-order valence-corrected chi connectivity index (χ1v) is 8.75. The molecule has 0 bridgehead atoms. The molecule has 4 heteroatoms. The first kappa shape index (κ1) is 16.8. The van der Waals surface area contributed by atoms with Crippen LogP contribution in [0.4, 0.5) is 0 Å². The Labute approximate surface area is 106 Å². The van der Waals surface area contributed by atoms with E-state index in [4.69, 9.17) is 0 Å². The maximum atomic E-state index is 13.1. The second-order valence-electron chi connectivity index (χ2n) is 5.78. The summed E-state index contributed by atoms with van der Waals surface area (Å²) in [5.41, 5.74) is -0.342. The Balaban J connectivity index is 5.64. The number of rotatable bonds is 7. The molecule has 0 radical (unpaired) electrons. The van der Waals surface area contributed by atoms with Crippen molar-refractivity contribution in [1.82, 2.24) is 0 Å². The lowest BCUT2D eigenvalue weighted by molar-refractivity contribution is 0.249. The predicted molar refractivity (Wildman–Crippen MR) is 76.2 cm³/mol. The normalized spacial score (nSPS) is 16.6. The van der Waals surface area contributed by atoms with Crippen LogP contribution in [-0.4, -0.2) is 17.6 Å². The van der Waals surface area contributed by atoms with Gasteiger partial charge in [-0.15, -0.1) is 4.91 Å². The Kier molecular flexibility index (Phi) is 6.07. The molecule has 0 aromatic carbocycles. The van der Waals surface area contributed by atoms with Crippen LogP contribution in [0.5, 0.6) is 0 Å². The molecule has 0 saturated carbocycles. The summed E-state index contributed by atoms with van der Waals surface area (Å²) < 4.78 is 13.1. The summed E-state index contributed by atoms with van der Waals surface area (Å²) in [6, 6.07) is 0. The van der Waals surface area contributed by atoms with Gasteiger partial charge in [-0.05, 0) is 11.8 Å². The zero-order valence-corrected chi connectivity index (χ0v) is 13.1. The lowest BCUT2D eigenvalue weighted by Crippen LogP contribution is -2.41. The van der Waals surface area contributed by atoms with Gasteiger partial charge in [0.15, 0.2) is 5.28 Å². The highest BCUT2D eigenvalue weighted by atomic mass is 31.2. The van der Waals surface area contributed by atoms with Gasteiger partial charge in [0, 0.05) is 12.3 Å². The van der Waals surface area contributed by atoms with Gasteiger partial charge in [-0.25, -0.2) is 0 Å². The molecular formula is C13H28NO2P. The topological polar surface area (TPSA) is 46.5 Å². The average Bonchev–Trinajstić information content (AvgIpc) is 2.28. The van der Waals surface area contributed by atoms with Crippen LogP contribution in [0.15, 0.2) is 5.18 Å². The van der Waals surface area contributed by atoms with Crippen molar-refractivity contribution in [3.63, 3.8) is 0 Å². The predicted octanol–water partition coefficient (Wildman–Crippen LogP) is 5.09. The molecule has 0 saturated heterocycles. The second kappa shape index (κ2) is 6.13. The molecule has 102 valence electrons. The highest BCUT2D eigenvalue weighted by Gasteiger charge is 2.54. The number of hydrogen-bond donors (Lipinski definition) is 0. The summed E-state index contributed by atoms with van der Waals surface area (Å²) in [6.07, 6.45) is 3.69. The molecule has 0 aromatic rings. The van der Waals surface area contributed by atoms with E-state index in [1.54, 1.807) is 0 Å². The van der Waals surface area contributed by atoms with Gasteiger partial charge in [0.25, 0.3) is 0 Å². The third-order valence-electron chi connectivity index (χ3n) is 3.93. The molecule has 0 aliphatic rings. The van der Waals surface area contributed by atoms with Gasteiger partial charge in [0.2, 0.25) is 0 Å². The van der Waals surface area contributed by atoms with Gasteiger partial charge >= 0.3 is 0 Å². The van der Waals surface area contributed by atoms with Crippen LogP contribution in [-0.2, 0) is 4.57 Å². The summed E-state index contributed by atoms with van der Waals surface area (Å²) in [4.78, 5) is 11.5. The third kappa shape index (κ3) is 2.99. The van der Waals surface area contributed by atoms with Crippen molar-refractivity contribution in [2.24, 2.45) is 10.6 Å². The molecule has 0 aromatic heterocycles. The highest BCUT2D eigenvalue weighted by Crippen LogP contribution is 2.66. The lowest BCUT2D eigenvalue weighted by Gasteiger charge is -2.44. The second-order valence-corrected chi connectivity index (χ2v) is 9.57. The lowest BCUT2D eigenvalue weighted by atomic mass is 9.83. The molecular weight excluding hydrogens is 233 g/mol. The van der Waals surface area contributed by atoms with Crippen LogP contribution in [0.3, 0.4) is 0 Å². The molecule has 0 aliphatic heterocycles. The Morgan fingerprint density at radius 2 is 1.53 bits per heavy atom. The molecule has 17 heavy (non-hydrogen) atoms.